The first-order valence-electron chi connectivity index (χ1n) is 8.01. The molecule has 0 N–H and O–H groups in total. The molecule has 0 aliphatic heterocycles. The molecule has 0 heteroatoms. The summed E-state index contributed by atoms with van der Waals surface area (Å²) in [5, 5.41) is 0. The lowest BCUT2D eigenvalue weighted by Gasteiger charge is -2.09. The number of hydrogen-bond acceptors (Lipinski definition) is 0. The van der Waals surface area contributed by atoms with Gasteiger partial charge in [-0.05, 0) is 50.9 Å². The summed E-state index contributed by atoms with van der Waals surface area (Å²) in [7, 11) is 0. The minimum Gasteiger partial charge on any atom is -0.100 e. The van der Waals surface area contributed by atoms with Crippen LogP contribution in [0.5, 0.6) is 0 Å². The summed E-state index contributed by atoms with van der Waals surface area (Å²) in [4.78, 5) is 0. The van der Waals surface area contributed by atoms with Crippen molar-refractivity contribution in [1.29, 1.82) is 0 Å². The number of allylic oxidation sites excluding steroid dienone is 3. The van der Waals surface area contributed by atoms with Crippen LogP contribution in [0.4, 0.5) is 0 Å². The Morgan fingerprint density at radius 2 is 1.83 bits per heavy atom. The average Bonchev–Trinajstić information content (AvgIpc) is 2.72. The van der Waals surface area contributed by atoms with Crippen LogP contribution >= 0.6 is 0 Å². The molecular weight excluding hydrogens is 216 g/mol. The fraction of sp³-hybridized carbons (Fsp3) is 0.778. The van der Waals surface area contributed by atoms with Crippen LogP contribution in [0.2, 0.25) is 0 Å². The lowest BCUT2D eigenvalue weighted by Crippen LogP contribution is -1.98. The summed E-state index contributed by atoms with van der Waals surface area (Å²) in [6.07, 6.45) is 18.7. The summed E-state index contributed by atoms with van der Waals surface area (Å²) in [6.45, 7) is 8.49. The Kier molecular flexibility index (Phi) is 8.13. The first kappa shape index (κ1) is 15.5. The van der Waals surface area contributed by atoms with Crippen LogP contribution in [-0.4, -0.2) is 0 Å². The fourth-order valence-corrected chi connectivity index (χ4v) is 2.95. The van der Waals surface area contributed by atoms with Crippen LogP contribution in [0.15, 0.2) is 24.3 Å². The smallest absolute Gasteiger partial charge is 0.0208 e. The van der Waals surface area contributed by atoms with Crippen molar-refractivity contribution in [2.45, 2.75) is 78.1 Å². The second-order valence-electron chi connectivity index (χ2n) is 6.26. The van der Waals surface area contributed by atoms with Gasteiger partial charge in [0.15, 0.2) is 0 Å². The molecule has 1 unspecified atom stereocenters. The molecule has 0 bridgehead atoms. The molecule has 0 amide bonds. The van der Waals surface area contributed by atoms with Gasteiger partial charge in [0.2, 0.25) is 0 Å². The van der Waals surface area contributed by atoms with E-state index in [-0.39, 0.29) is 0 Å². The minimum absolute atomic E-state index is 0.889. The molecule has 0 saturated heterocycles. The van der Waals surface area contributed by atoms with E-state index in [9.17, 15) is 0 Å². The molecular formula is C18H32. The highest BCUT2D eigenvalue weighted by Gasteiger charge is 2.19. The Labute approximate surface area is 115 Å². The van der Waals surface area contributed by atoms with Gasteiger partial charge < -0.3 is 0 Å². The molecule has 104 valence electrons. The van der Waals surface area contributed by atoms with Crippen LogP contribution < -0.4 is 0 Å². The monoisotopic (exact) mass is 248 g/mol. The van der Waals surface area contributed by atoms with Crippen molar-refractivity contribution < 1.29 is 0 Å². The maximum absolute atomic E-state index is 3.95. The molecule has 0 aromatic carbocycles. The van der Waals surface area contributed by atoms with Crippen molar-refractivity contribution in [2.75, 3.05) is 0 Å². The third kappa shape index (κ3) is 7.03. The van der Waals surface area contributed by atoms with Gasteiger partial charge in [0.1, 0.15) is 0 Å². The predicted molar refractivity (Wildman–Crippen MR) is 82.8 cm³/mol. The molecule has 1 aliphatic rings. The molecule has 0 nitrogen and oxygen atoms in total. The van der Waals surface area contributed by atoms with E-state index in [4.69, 9.17) is 0 Å². The molecule has 0 radical (unpaired) electrons. The second kappa shape index (κ2) is 9.42. The van der Waals surface area contributed by atoms with Crippen molar-refractivity contribution in [2.24, 2.45) is 11.8 Å². The van der Waals surface area contributed by atoms with Gasteiger partial charge in [0.05, 0.1) is 0 Å². The van der Waals surface area contributed by atoms with Crippen molar-refractivity contribution >= 4 is 0 Å². The van der Waals surface area contributed by atoms with Crippen molar-refractivity contribution in [3.05, 3.63) is 24.3 Å². The number of hydrogen-bond donors (Lipinski definition) is 0. The highest BCUT2D eigenvalue weighted by atomic mass is 14.2. The molecule has 1 fully saturated rings. The normalized spacial score (nSPS) is 23.9. The molecule has 18 heavy (non-hydrogen) atoms. The van der Waals surface area contributed by atoms with E-state index in [0.29, 0.717) is 0 Å². The van der Waals surface area contributed by atoms with Crippen LogP contribution in [0, 0.1) is 11.8 Å². The van der Waals surface area contributed by atoms with Gasteiger partial charge in [-0.15, -0.1) is 6.58 Å². The quantitative estimate of drug-likeness (QED) is 0.332. The van der Waals surface area contributed by atoms with Crippen LogP contribution in [0.1, 0.15) is 78.1 Å². The Morgan fingerprint density at radius 3 is 2.50 bits per heavy atom. The zero-order valence-corrected chi connectivity index (χ0v) is 12.6. The van der Waals surface area contributed by atoms with E-state index in [1.807, 2.05) is 0 Å². The van der Waals surface area contributed by atoms with E-state index in [0.717, 1.165) is 11.8 Å². The standard InChI is InChI=1S/C18H32/c1-16(2)12-9-7-5-4-6-8-10-14-18-15-11-13-17(18)3/h10,14,17-18H,1,4-9,11-13,15H2,2-3H3/b14-10+/t17-,18?/m1/s1. The summed E-state index contributed by atoms with van der Waals surface area (Å²) < 4.78 is 0. The average molecular weight is 248 g/mol. The third-order valence-electron chi connectivity index (χ3n) is 4.29. The zero-order chi connectivity index (χ0) is 13.2. The van der Waals surface area contributed by atoms with E-state index in [1.165, 1.54) is 69.8 Å². The first-order valence-corrected chi connectivity index (χ1v) is 8.01. The van der Waals surface area contributed by atoms with Gasteiger partial charge in [-0.3, -0.25) is 0 Å². The SMILES string of the molecule is C=C(C)CCCCCCC/C=C/C1CCC[C@H]1C. The summed E-state index contributed by atoms with van der Waals surface area (Å²) in [5.41, 5.74) is 1.34. The number of rotatable bonds is 9. The first-order chi connectivity index (χ1) is 8.70. The van der Waals surface area contributed by atoms with E-state index >= 15 is 0 Å². The lowest BCUT2D eigenvalue weighted by atomic mass is 9.97. The molecule has 0 spiro atoms. The zero-order valence-electron chi connectivity index (χ0n) is 12.6. The van der Waals surface area contributed by atoms with Gasteiger partial charge in [-0.2, -0.15) is 0 Å². The molecule has 0 aromatic rings. The Bertz CT molecular complexity index is 249. The second-order valence-corrected chi connectivity index (χ2v) is 6.26. The third-order valence-corrected chi connectivity index (χ3v) is 4.29. The van der Waals surface area contributed by atoms with Crippen molar-refractivity contribution in [1.82, 2.24) is 0 Å². The summed E-state index contributed by atoms with van der Waals surface area (Å²) in [5.74, 6) is 1.82. The highest BCUT2D eigenvalue weighted by molar-refractivity contribution is 4.93. The Morgan fingerprint density at radius 1 is 1.11 bits per heavy atom. The van der Waals surface area contributed by atoms with E-state index in [1.54, 1.807) is 0 Å². The Hall–Kier alpha value is -0.520. The van der Waals surface area contributed by atoms with Gasteiger partial charge in [-0.1, -0.05) is 56.8 Å². The summed E-state index contributed by atoms with van der Waals surface area (Å²) in [6, 6.07) is 0. The minimum atomic E-state index is 0.889. The largest absolute Gasteiger partial charge is 0.100 e. The molecule has 2 atom stereocenters. The van der Waals surface area contributed by atoms with Crippen molar-refractivity contribution in [3.8, 4) is 0 Å². The van der Waals surface area contributed by atoms with E-state index < -0.39 is 0 Å². The van der Waals surface area contributed by atoms with Crippen LogP contribution in [-0.2, 0) is 0 Å². The molecule has 0 aromatic heterocycles. The van der Waals surface area contributed by atoms with Gasteiger partial charge in [0, 0.05) is 0 Å². The molecule has 1 aliphatic carbocycles. The van der Waals surface area contributed by atoms with Crippen molar-refractivity contribution in [3.63, 3.8) is 0 Å². The number of unbranched alkanes of at least 4 members (excludes halogenated alkanes) is 5. The summed E-state index contributed by atoms with van der Waals surface area (Å²) >= 11 is 0. The van der Waals surface area contributed by atoms with Crippen LogP contribution in [0.25, 0.3) is 0 Å². The lowest BCUT2D eigenvalue weighted by molar-refractivity contribution is 0.502. The molecule has 0 heterocycles. The topological polar surface area (TPSA) is 0 Å². The predicted octanol–water partition coefficient (Wildman–Crippen LogP) is 6.29. The van der Waals surface area contributed by atoms with E-state index in [2.05, 4.69) is 32.6 Å². The maximum Gasteiger partial charge on any atom is -0.0208 e. The highest BCUT2D eigenvalue weighted by Crippen LogP contribution is 2.32. The Balaban J connectivity index is 1.89. The van der Waals surface area contributed by atoms with Crippen LogP contribution in [0.3, 0.4) is 0 Å². The molecule has 1 saturated carbocycles. The fourth-order valence-electron chi connectivity index (χ4n) is 2.95. The van der Waals surface area contributed by atoms with Gasteiger partial charge >= 0.3 is 0 Å². The van der Waals surface area contributed by atoms with Gasteiger partial charge in [0.25, 0.3) is 0 Å². The maximum atomic E-state index is 3.95. The van der Waals surface area contributed by atoms with Gasteiger partial charge in [-0.25, -0.2) is 0 Å². The molecule has 1 rings (SSSR count).